The average molecular weight is 224 g/mol. The van der Waals surface area contributed by atoms with Crippen molar-refractivity contribution < 1.29 is 4.79 Å². The van der Waals surface area contributed by atoms with E-state index in [0.717, 1.165) is 26.2 Å². The number of nitrogens with zero attached hydrogens (tertiary/aromatic N) is 4. The smallest absolute Gasteiger partial charge is 0.236 e. The van der Waals surface area contributed by atoms with Crippen molar-refractivity contribution in [2.75, 3.05) is 53.4 Å². The van der Waals surface area contributed by atoms with Crippen LogP contribution >= 0.6 is 0 Å². The first-order valence-electron chi connectivity index (χ1n) is 5.65. The van der Waals surface area contributed by atoms with Gasteiger partial charge in [-0.1, -0.05) is 0 Å². The van der Waals surface area contributed by atoms with Crippen molar-refractivity contribution in [3.05, 3.63) is 0 Å². The zero-order valence-corrected chi connectivity index (χ0v) is 10.1. The van der Waals surface area contributed by atoms with Crippen LogP contribution in [0, 0.1) is 11.3 Å². The molecule has 0 N–H and O–H groups in total. The number of amides is 1. The molecule has 0 unspecified atom stereocenters. The lowest BCUT2D eigenvalue weighted by Gasteiger charge is -2.33. The molecule has 0 aromatic carbocycles. The predicted octanol–water partition coefficient (Wildman–Crippen LogP) is -0.394. The van der Waals surface area contributed by atoms with Crippen LogP contribution in [0.5, 0.6) is 0 Å². The summed E-state index contributed by atoms with van der Waals surface area (Å²) in [5, 5.41) is 8.45. The molecule has 16 heavy (non-hydrogen) atoms. The van der Waals surface area contributed by atoms with Gasteiger partial charge in [0.05, 0.1) is 12.6 Å². The number of rotatable bonds is 4. The molecular formula is C11H20N4O. The molecule has 1 saturated heterocycles. The van der Waals surface area contributed by atoms with Gasteiger partial charge in [0.1, 0.15) is 0 Å². The summed E-state index contributed by atoms with van der Waals surface area (Å²) in [6, 6.07) is 2.08. The second kappa shape index (κ2) is 6.46. The highest BCUT2D eigenvalue weighted by Gasteiger charge is 2.19. The van der Waals surface area contributed by atoms with E-state index in [1.165, 1.54) is 0 Å². The molecule has 0 atom stereocenters. The van der Waals surface area contributed by atoms with Gasteiger partial charge in [-0.3, -0.25) is 9.69 Å². The highest BCUT2D eigenvalue weighted by atomic mass is 16.2. The molecule has 0 aromatic rings. The molecular weight excluding hydrogens is 204 g/mol. The normalized spacial score (nSPS) is 17.5. The van der Waals surface area contributed by atoms with E-state index in [9.17, 15) is 4.79 Å². The highest BCUT2D eigenvalue weighted by molar-refractivity contribution is 5.78. The van der Waals surface area contributed by atoms with Gasteiger partial charge in [-0.15, -0.1) is 0 Å². The standard InChI is InChI=1S/C11H20N4O/c1-13-6-8-15(9-7-13)11(16)10-14(2)5-3-4-12/h3,5-10H2,1-2H3. The Bertz CT molecular complexity index is 266. The molecule has 1 fully saturated rings. The second-order valence-corrected chi connectivity index (χ2v) is 4.33. The molecule has 0 saturated carbocycles. The largest absolute Gasteiger partial charge is 0.339 e. The number of hydrogen-bond donors (Lipinski definition) is 0. The fourth-order valence-corrected chi connectivity index (χ4v) is 1.71. The Morgan fingerprint density at radius 3 is 2.56 bits per heavy atom. The summed E-state index contributed by atoms with van der Waals surface area (Å²) in [5.74, 6) is 0.175. The topological polar surface area (TPSA) is 50.6 Å². The lowest BCUT2D eigenvalue weighted by molar-refractivity contribution is -0.133. The summed E-state index contributed by atoms with van der Waals surface area (Å²) in [4.78, 5) is 17.9. The van der Waals surface area contributed by atoms with E-state index >= 15 is 0 Å². The molecule has 1 rings (SSSR count). The molecule has 5 heteroatoms. The molecule has 1 aliphatic rings. The van der Waals surface area contributed by atoms with Crippen LogP contribution in [0.25, 0.3) is 0 Å². The zero-order chi connectivity index (χ0) is 12.0. The van der Waals surface area contributed by atoms with Gasteiger partial charge >= 0.3 is 0 Å². The van der Waals surface area contributed by atoms with Crippen LogP contribution in [0.1, 0.15) is 6.42 Å². The van der Waals surface area contributed by atoms with Crippen molar-refractivity contribution in [1.29, 1.82) is 5.26 Å². The summed E-state index contributed by atoms with van der Waals surface area (Å²) in [5.41, 5.74) is 0. The maximum Gasteiger partial charge on any atom is 0.236 e. The molecule has 1 aliphatic heterocycles. The summed E-state index contributed by atoms with van der Waals surface area (Å²) < 4.78 is 0. The van der Waals surface area contributed by atoms with Crippen molar-refractivity contribution in [3.8, 4) is 6.07 Å². The van der Waals surface area contributed by atoms with Crippen molar-refractivity contribution in [2.24, 2.45) is 0 Å². The number of carbonyl (C=O) groups excluding carboxylic acids is 1. The fraction of sp³-hybridized carbons (Fsp3) is 0.818. The molecule has 90 valence electrons. The van der Waals surface area contributed by atoms with Crippen LogP contribution in [-0.4, -0.2) is 74.0 Å². The van der Waals surface area contributed by atoms with Gasteiger partial charge in [-0.25, -0.2) is 0 Å². The Hall–Kier alpha value is -1.12. The van der Waals surface area contributed by atoms with E-state index in [1.807, 2.05) is 16.8 Å². The van der Waals surface area contributed by atoms with Crippen LogP contribution in [-0.2, 0) is 4.79 Å². The van der Waals surface area contributed by atoms with Crippen LogP contribution in [0.3, 0.4) is 0 Å². The third kappa shape index (κ3) is 4.17. The zero-order valence-electron chi connectivity index (χ0n) is 10.1. The van der Waals surface area contributed by atoms with Crippen LogP contribution in [0.4, 0.5) is 0 Å². The van der Waals surface area contributed by atoms with Gasteiger partial charge in [0.2, 0.25) is 5.91 Å². The third-order valence-electron chi connectivity index (χ3n) is 2.87. The quantitative estimate of drug-likeness (QED) is 0.652. The van der Waals surface area contributed by atoms with Crippen LogP contribution < -0.4 is 0 Å². The number of nitriles is 1. The minimum Gasteiger partial charge on any atom is -0.339 e. The molecule has 0 bridgehead atoms. The number of hydrogen-bond acceptors (Lipinski definition) is 4. The third-order valence-corrected chi connectivity index (χ3v) is 2.87. The predicted molar refractivity (Wildman–Crippen MR) is 61.8 cm³/mol. The van der Waals surface area contributed by atoms with Crippen molar-refractivity contribution in [3.63, 3.8) is 0 Å². The van der Waals surface area contributed by atoms with Crippen molar-refractivity contribution >= 4 is 5.91 Å². The second-order valence-electron chi connectivity index (χ2n) is 4.33. The molecule has 0 aliphatic carbocycles. The number of piperazine rings is 1. The highest BCUT2D eigenvalue weighted by Crippen LogP contribution is 2.00. The van der Waals surface area contributed by atoms with E-state index < -0.39 is 0 Å². The minimum atomic E-state index is 0.175. The summed E-state index contributed by atoms with van der Waals surface area (Å²) in [6.45, 7) is 4.63. The van der Waals surface area contributed by atoms with Crippen molar-refractivity contribution in [1.82, 2.24) is 14.7 Å². The summed E-state index contributed by atoms with van der Waals surface area (Å²) >= 11 is 0. The summed E-state index contributed by atoms with van der Waals surface area (Å²) in [7, 11) is 3.95. The van der Waals surface area contributed by atoms with E-state index in [-0.39, 0.29) is 5.91 Å². The van der Waals surface area contributed by atoms with E-state index in [0.29, 0.717) is 19.5 Å². The Morgan fingerprint density at radius 2 is 2.00 bits per heavy atom. The molecule has 0 aromatic heterocycles. The van der Waals surface area contributed by atoms with E-state index in [2.05, 4.69) is 18.0 Å². The van der Waals surface area contributed by atoms with Crippen LogP contribution in [0.15, 0.2) is 0 Å². The molecule has 0 radical (unpaired) electrons. The van der Waals surface area contributed by atoms with Crippen LogP contribution in [0.2, 0.25) is 0 Å². The Labute approximate surface area is 97.2 Å². The van der Waals surface area contributed by atoms with Gasteiger partial charge < -0.3 is 9.80 Å². The molecule has 5 nitrogen and oxygen atoms in total. The van der Waals surface area contributed by atoms with Gasteiger partial charge in [-0.2, -0.15) is 5.26 Å². The van der Waals surface area contributed by atoms with Crippen molar-refractivity contribution in [2.45, 2.75) is 6.42 Å². The van der Waals surface area contributed by atoms with Gasteiger partial charge in [0.15, 0.2) is 0 Å². The molecule has 1 heterocycles. The Balaban J connectivity index is 2.27. The Morgan fingerprint density at radius 1 is 1.38 bits per heavy atom. The van der Waals surface area contributed by atoms with Gasteiger partial charge in [0, 0.05) is 39.1 Å². The van der Waals surface area contributed by atoms with E-state index in [1.54, 1.807) is 0 Å². The summed E-state index contributed by atoms with van der Waals surface area (Å²) in [6.07, 6.45) is 0.479. The lowest BCUT2D eigenvalue weighted by Crippen LogP contribution is -2.49. The number of likely N-dealkylation sites (N-methyl/N-ethyl adjacent to an activating group) is 2. The first-order valence-corrected chi connectivity index (χ1v) is 5.65. The maximum absolute atomic E-state index is 11.9. The van der Waals surface area contributed by atoms with Gasteiger partial charge in [0.25, 0.3) is 0 Å². The fourth-order valence-electron chi connectivity index (χ4n) is 1.71. The van der Waals surface area contributed by atoms with Gasteiger partial charge in [-0.05, 0) is 14.1 Å². The monoisotopic (exact) mass is 224 g/mol. The first-order chi connectivity index (χ1) is 7.63. The Kier molecular flexibility index (Phi) is 5.23. The average Bonchev–Trinajstić information content (AvgIpc) is 2.27. The minimum absolute atomic E-state index is 0.175. The number of carbonyl (C=O) groups is 1. The maximum atomic E-state index is 11.9. The first kappa shape index (κ1) is 12.9. The molecule has 1 amide bonds. The molecule has 0 spiro atoms. The SMILES string of the molecule is CN1CCN(C(=O)CN(C)CCC#N)CC1. The van der Waals surface area contributed by atoms with E-state index in [4.69, 9.17) is 5.26 Å². The lowest BCUT2D eigenvalue weighted by atomic mass is 10.3.